The molecule has 0 radical (unpaired) electrons. The number of carbonyl (C=O) groups is 4. The van der Waals surface area contributed by atoms with Gasteiger partial charge in [0.2, 0.25) is 17.6 Å². The van der Waals surface area contributed by atoms with Crippen LogP contribution in [0.15, 0.2) is 83.4 Å². The third-order valence-corrected chi connectivity index (χ3v) is 8.94. The van der Waals surface area contributed by atoms with Crippen LogP contribution in [-0.4, -0.2) is 34.7 Å². The summed E-state index contributed by atoms with van der Waals surface area (Å²) in [5, 5.41) is 1.00. The van der Waals surface area contributed by atoms with Gasteiger partial charge in [-0.15, -0.1) is 0 Å². The molecule has 4 aromatic rings. The van der Waals surface area contributed by atoms with Crippen LogP contribution in [0.2, 0.25) is 5.02 Å². The minimum atomic E-state index is -1.06. The number of amides is 2. The van der Waals surface area contributed by atoms with Crippen LogP contribution in [-0.2, 0) is 20.7 Å². The molecule has 2 aliphatic rings. The summed E-state index contributed by atoms with van der Waals surface area (Å²) in [4.78, 5) is 59.1. The summed E-state index contributed by atoms with van der Waals surface area (Å²) in [6.45, 7) is 3.54. The van der Waals surface area contributed by atoms with Crippen LogP contribution in [0.4, 0.5) is 5.69 Å². The van der Waals surface area contributed by atoms with E-state index in [4.69, 9.17) is 21.3 Å². The Labute approximate surface area is 268 Å². The Kier molecular flexibility index (Phi) is 8.22. The molecule has 44 heavy (non-hydrogen) atoms. The normalized spacial score (nSPS) is 18.4. The number of halogens is 2. The predicted octanol–water partition coefficient (Wildman–Crippen LogP) is 7.76. The molecule has 1 aliphatic carbocycles. The quantitative estimate of drug-likeness (QED) is 0.0863. The number of esters is 1. The van der Waals surface area contributed by atoms with Crippen molar-refractivity contribution in [3.05, 3.63) is 105 Å². The number of ketones is 1. The standard InChI is InChI=1S/C35H28BrClN2O5/c1-3-20-15-23(36)17-28-29(35(43)44-19(2)32(40)22-7-6-8-24(37)16-22)18-30(38-31(20)28)21-11-13-25(14-12-21)39-33(41)26-9-4-5-10-27(26)34(39)42/h4-8,11-19,26-27H,3,9-10H2,1-2H3. The van der Waals surface area contributed by atoms with Gasteiger partial charge < -0.3 is 4.74 Å². The van der Waals surface area contributed by atoms with E-state index in [1.807, 2.05) is 31.2 Å². The van der Waals surface area contributed by atoms with Crippen molar-refractivity contribution in [2.45, 2.75) is 39.2 Å². The van der Waals surface area contributed by atoms with Crippen LogP contribution in [0.3, 0.4) is 0 Å². The molecule has 0 spiro atoms. The van der Waals surface area contributed by atoms with Crippen molar-refractivity contribution in [3.8, 4) is 11.3 Å². The van der Waals surface area contributed by atoms with E-state index in [0.29, 0.717) is 57.7 Å². The van der Waals surface area contributed by atoms with Crippen molar-refractivity contribution in [2.24, 2.45) is 11.8 Å². The number of benzene rings is 3. The Morgan fingerprint density at radius 2 is 1.68 bits per heavy atom. The molecule has 1 aliphatic heterocycles. The summed E-state index contributed by atoms with van der Waals surface area (Å²) >= 11 is 9.60. The Hall–Kier alpha value is -4.14. The van der Waals surface area contributed by atoms with Gasteiger partial charge in [0.1, 0.15) is 0 Å². The third-order valence-electron chi connectivity index (χ3n) is 8.25. The second-order valence-corrected chi connectivity index (χ2v) is 12.4. The maximum atomic E-state index is 13.7. The molecule has 3 atom stereocenters. The van der Waals surface area contributed by atoms with E-state index < -0.39 is 12.1 Å². The van der Waals surface area contributed by atoms with Gasteiger partial charge in [0.15, 0.2) is 6.10 Å². The van der Waals surface area contributed by atoms with Crippen molar-refractivity contribution in [2.75, 3.05) is 4.90 Å². The number of nitrogens with zero attached hydrogens (tertiary/aromatic N) is 2. The summed E-state index contributed by atoms with van der Waals surface area (Å²) in [5.74, 6) is -2.02. The number of aryl methyl sites for hydroxylation is 1. The van der Waals surface area contributed by atoms with Crippen molar-refractivity contribution < 1.29 is 23.9 Å². The van der Waals surface area contributed by atoms with E-state index in [0.717, 1.165) is 10.0 Å². The van der Waals surface area contributed by atoms with Crippen LogP contribution in [0.5, 0.6) is 0 Å². The van der Waals surface area contributed by atoms with Gasteiger partial charge in [-0.05, 0) is 74.2 Å². The molecule has 222 valence electrons. The zero-order valence-corrected chi connectivity index (χ0v) is 26.4. The van der Waals surface area contributed by atoms with Crippen LogP contribution in [0, 0.1) is 11.8 Å². The number of rotatable bonds is 7. The van der Waals surface area contributed by atoms with Gasteiger partial charge >= 0.3 is 5.97 Å². The van der Waals surface area contributed by atoms with E-state index >= 15 is 0 Å². The number of hydrogen-bond acceptors (Lipinski definition) is 6. The molecule has 1 fully saturated rings. The monoisotopic (exact) mass is 670 g/mol. The van der Waals surface area contributed by atoms with Gasteiger partial charge in [0, 0.05) is 26.0 Å². The minimum Gasteiger partial charge on any atom is -0.451 e. The molecule has 1 aromatic heterocycles. The highest BCUT2D eigenvalue weighted by Crippen LogP contribution is 2.38. The number of imide groups is 1. The van der Waals surface area contributed by atoms with Crippen LogP contribution >= 0.6 is 27.5 Å². The molecule has 2 heterocycles. The molecular weight excluding hydrogens is 644 g/mol. The zero-order valence-electron chi connectivity index (χ0n) is 24.1. The number of carbonyl (C=O) groups excluding carboxylic acids is 4. The molecule has 0 saturated carbocycles. The maximum Gasteiger partial charge on any atom is 0.339 e. The first-order valence-corrected chi connectivity index (χ1v) is 15.6. The smallest absolute Gasteiger partial charge is 0.339 e. The maximum absolute atomic E-state index is 13.7. The number of aromatic nitrogens is 1. The zero-order chi connectivity index (χ0) is 31.1. The second kappa shape index (κ2) is 12.1. The molecule has 6 rings (SSSR count). The topological polar surface area (TPSA) is 93.6 Å². The first-order chi connectivity index (χ1) is 21.2. The molecule has 0 bridgehead atoms. The molecule has 3 aromatic carbocycles. The largest absolute Gasteiger partial charge is 0.451 e. The van der Waals surface area contributed by atoms with Crippen LogP contribution in [0.1, 0.15) is 53.0 Å². The highest BCUT2D eigenvalue weighted by molar-refractivity contribution is 9.10. The lowest BCUT2D eigenvalue weighted by molar-refractivity contribution is -0.122. The van der Waals surface area contributed by atoms with E-state index in [-0.39, 0.29) is 35.0 Å². The van der Waals surface area contributed by atoms with Crippen LogP contribution < -0.4 is 4.90 Å². The lowest BCUT2D eigenvalue weighted by Gasteiger charge is -2.17. The van der Waals surface area contributed by atoms with E-state index in [1.165, 1.54) is 17.9 Å². The Bertz CT molecular complexity index is 1840. The van der Waals surface area contributed by atoms with Crippen molar-refractivity contribution in [3.63, 3.8) is 0 Å². The number of pyridine rings is 1. The number of hydrogen-bond donors (Lipinski definition) is 0. The van der Waals surface area contributed by atoms with Gasteiger partial charge in [-0.2, -0.15) is 0 Å². The highest BCUT2D eigenvalue weighted by Gasteiger charge is 2.47. The van der Waals surface area contributed by atoms with Gasteiger partial charge in [0.05, 0.1) is 34.3 Å². The molecule has 1 saturated heterocycles. The van der Waals surface area contributed by atoms with Crippen molar-refractivity contribution in [1.29, 1.82) is 0 Å². The fraction of sp³-hybridized carbons (Fsp3) is 0.229. The number of Topliss-reactive ketones (excluding diaryl/α,β-unsaturated/α-hetero) is 1. The van der Waals surface area contributed by atoms with E-state index in [1.54, 1.807) is 48.5 Å². The first-order valence-electron chi connectivity index (χ1n) is 14.4. The van der Waals surface area contributed by atoms with Gasteiger partial charge in [-0.25, -0.2) is 9.78 Å². The molecule has 9 heteroatoms. The lowest BCUT2D eigenvalue weighted by atomic mass is 9.85. The highest BCUT2D eigenvalue weighted by atomic mass is 79.9. The third kappa shape index (κ3) is 5.48. The van der Waals surface area contributed by atoms with Crippen LogP contribution in [0.25, 0.3) is 22.2 Å². The van der Waals surface area contributed by atoms with Crippen molar-refractivity contribution >= 4 is 67.7 Å². The summed E-state index contributed by atoms with van der Waals surface area (Å²) in [6, 6.07) is 19.0. The van der Waals surface area contributed by atoms with Gasteiger partial charge in [-0.3, -0.25) is 19.3 Å². The molecule has 0 N–H and O–H groups in total. The summed E-state index contributed by atoms with van der Waals surface area (Å²) in [7, 11) is 0. The number of ether oxygens (including phenoxy) is 1. The summed E-state index contributed by atoms with van der Waals surface area (Å²) in [6.07, 6.45) is 4.68. The second-order valence-electron chi connectivity index (χ2n) is 11.0. The first kappa shape index (κ1) is 29.9. The number of fused-ring (bicyclic) bond motifs is 2. The molecular formula is C35H28BrClN2O5. The Morgan fingerprint density at radius 3 is 2.32 bits per heavy atom. The molecule has 3 unspecified atom stereocenters. The fourth-order valence-electron chi connectivity index (χ4n) is 5.94. The molecule has 2 amide bonds. The fourth-order valence-corrected chi connectivity index (χ4v) is 6.63. The van der Waals surface area contributed by atoms with Gasteiger partial charge in [0.25, 0.3) is 0 Å². The SMILES string of the molecule is CCc1cc(Br)cc2c(C(=O)OC(C)C(=O)c3cccc(Cl)c3)cc(-c3ccc(N4C(=O)C5CC=CCC5C4=O)cc3)nc12. The predicted molar refractivity (Wildman–Crippen MR) is 173 cm³/mol. The van der Waals surface area contributed by atoms with Gasteiger partial charge in [-0.1, -0.05) is 70.9 Å². The number of anilines is 1. The minimum absolute atomic E-state index is 0.175. The van der Waals surface area contributed by atoms with E-state index in [9.17, 15) is 19.2 Å². The Morgan fingerprint density at radius 1 is 1.00 bits per heavy atom. The van der Waals surface area contributed by atoms with Crippen molar-refractivity contribution in [1.82, 2.24) is 4.98 Å². The Balaban J connectivity index is 1.35. The molecule has 7 nitrogen and oxygen atoms in total. The summed E-state index contributed by atoms with van der Waals surface area (Å²) < 4.78 is 6.49. The van der Waals surface area contributed by atoms with E-state index in [2.05, 4.69) is 15.9 Å². The summed E-state index contributed by atoms with van der Waals surface area (Å²) in [5.41, 5.74) is 3.88. The average molecular weight is 672 g/mol. The lowest BCUT2D eigenvalue weighted by Crippen LogP contribution is -2.30. The number of allylic oxidation sites excluding steroid dienone is 2. The average Bonchev–Trinajstić information content (AvgIpc) is 3.28.